The number of aliphatic hydroxyl groups excluding tert-OH is 1. The molecule has 0 aliphatic rings. The fourth-order valence-corrected chi connectivity index (χ4v) is 1.61. The van der Waals surface area contributed by atoms with Crippen molar-refractivity contribution in [2.45, 2.75) is 17.2 Å². The summed E-state index contributed by atoms with van der Waals surface area (Å²) in [6.07, 6.45) is 3.18. The van der Waals surface area contributed by atoms with E-state index in [9.17, 15) is 4.79 Å². The van der Waals surface area contributed by atoms with Gasteiger partial charge in [0.1, 0.15) is 0 Å². The zero-order valence-corrected chi connectivity index (χ0v) is 8.41. The minimum absolute atomic E-state index is 0.00241. The summed E-state index contributed by atoms with van der Waals surface area (Å²) in [5, 5.41) is 9.24. The van der Waals surface area contributed by atoms with Gasteiger partial charge in [0.25, 0.3) is 5.56 Å². The lowest BCUT2D eigenvalue weighted by Gasteiger charge is -2.06. The topological polar surface area (TPSA) is 55.1 Å². The molecule has 0 radical (unpaired) electrons. The van der Waals surface area contributed by atoms with Crippen molar-refractivity contribution >= 4 is 11.8 Å². The molecule has 0 fully saturated rings. The number of hydrogen-bond acceptors (Lipinski definition) is 4. The van der Waals surface area contributed by atoms with Crippen LogP contribution in [-0.2, 0) is 7.05 Å². The Kier molecular flexibility index (Phi) is 3.50. The van der Waals surface area contributed by atoms with Crippen LogP contribution in [0.3, 0.4) is 0 Å². The minimum atomic E-state index is -0.118. The number of aryl methyl sites for hydroxylation is 1. The van der Waals surface area contributed by atoms with Gasteiger partial charge in [0.2, 0.25) is 0 Å². The van der Waals surface area contributed by atoms with Crippen molar-refractivity contribution in [3.63, 3.8) is 0 Å². The van der Waals surface area contributed by atoms with E-state index in [1.165, 1.54) is 16.3 Å². The Morgan fingerprint density at radius 1 is 1.77 bits per heavy atom. The van der Waals surface area contributed by atoms with Gasteiger partial charge >= 0.3 is 0 Å². The molecule has 0 saturated carbocycles. The first-order valence-corrected chi connectivity index (χ1v) is 4.82. The van der Waals surface area contributed by atoms with Crippen LogP contribution in [0, 0.1) is 0 Å². The molecule has 1 heterocycles. The third-order valence-electron chi connectivity index (χ3n) is 1.56. The molecule has 1 N–H and O–H groups in total. The number of aliphatic hydroxyl groups is 1. The third kappa shape index (κ3) is 2.57. The van der Waals surface area contributed by atoms with E-state index in [1.807, 2.05) is 6.92 Å². The molecule has 1 aromatic heterocycles. The monoisotopic (exact) mass is 200 g/mol. The predicted octanol–water partition coefficient (Wildman–Crippen LogP) is 0.253. The quantitative estimate of drug-likeness (QED) is 0.711. The summed E-state index contributed by atoms with van der Waals surface area (Å²) in [7, 11) is 1.68. The molecule has 0 aromatic carbocycles. The Labute approximate surface area is 80.6 Å². The first-order chi connectivity index (χ1) is 6.15. The van der Waals surface area contributed by atoms with E-state index < -0.39 is 0 Å². The lowest BCUT2D eigenvalue weighted by molar-refractivity contribution is 0.300. The lowest BCUT2D eigenvalue weighted by atomic mass is 10.5. The molecule has 13 heavy (non-hydrogen) atoms. The van der Waals surface area contributed by atoms with Gasteiger partial charge in [0.15, 0.2) is 5.03 Å². The molecule has 0 spiro atoms. The number of aromatic nitrogens is 2. The average Bonchev–Trinajstić information content (AvgIpc) is 2.13. The second-order valence-electron chi connectivity index (χ2n) is 2.76. The van der Waals surface area contributed by atoms with Crippen LogP contribution in [0.1, 0.15) is 6.92 Å². The molecule has 1 unspecified atom stereocenters. The SMILES string of the molecule is CC(CO)Sc1nccn(C)c1=O. The molecular formula is C8H12N2O2S. The van der Waals surface area contributed by atoms with Gasteiger partial charge in [-0.1, -0.05) is 18.7 Å². The van der Waals surface area contributed by atoms with Crippen molar-refractivity contribution in [2.24, 2.45) is 7.05 Å². The summed E-state index contributed by atoms with van der Waals surface area (Å²) in [5.74, 6) is 0. The number of nitrogens with zero attached hydrogens (tertiary/aromatic N) is 2. The molecule has 0 amide bonds. The van der Waals surface area contributed by atoms with Crippen LogP contribution in [0.2, 0.25) is 0 Å². The van der Waals surface area contributed by atoms with Gasteiger partial charge < -0.3 is 9.67 Å². The Bertz CT molecular complexity index is 337. The summed E-state index contributed by atoms with van der Waals surface area (Å²) < 4.78 is 1.47. The van der Waals surface area contributed by atoms with Crippen molar-refractivity contribution in [3.05, 3.63) is 22.7 Å². The van der Waals surface area contributed by atoms with Crippen LogP contribution in [0.15, 0.2) is 22.2 Å². The molecule has 1 atom stereocenters. The zero-order valence-electron chi connectivity index (χ0n) is 7.60. The number of thioether (sulfide) groups is 1. The van der Waals surface area contributed by atoms with E-state index in [-0.39, 0.29) is 17.4 Å². The van der Waals surface area contributed by atoms with Crippen LogP contribution < -0.4 is 5.56 Å². The fourth-order valence-electron chi connectivity index (χ4n) is 0.783. The lowest BCUT2D eigenvalue weighted by Crippen LogP contribution is -2.20. The van der Waals surface area contributed by atoms with E-state index in [1.54, 1.807) is 19.4 Å². The van der Waals surface area contributed by atoms with Crippen LogP contribution in [0.4, 0.5) is 0 Å². The highest BCUT2D eigenvalue weighted by atomic mass is 32.2. The first kappa shape index (κ1) is 10.3. The van der Waals surface area contributed by atoms with Crippen molar-refractivity contribution < 1.29 is 5.11 Å². The highest BCUT2D eigenvalue weighted by molar-refractivity contribution is 7.99. The van der Waals surface area contributed by atoms with Crippen molar-refractivity contribution in [2.75, 3.05) is 6.61 Å². The molecule has 0 saturated heterocycles. The van der Waals surface area contributed by atoms with E-state index in [0.29, 0.717) is 5.03 Å². The molecular weight excluding hydrogens is 188 g/mol. The normalized spacial score (nSPS) is 12.8. The second-order valence-corrected chi connectivity index (χ2v) is 4.19. The van der Waals surface area contributed by atoms with Crippen LogP contribution in [0.25, 0.3) is 0 Å². The molecule has 72 valence electrons. The van der Waals surface area contributed by atoms with Gasteiger partial charge in [-0.2, -0.15) is 0 Å². The van der Waals surface area contributed by atoms with E-state index in [4.69, 9.17) is 5.11 Å². The predicted molar refractivity (Wildman–Crippen MR) is 51.9 cm³/mol. The maximum atomic E-state index is 11.4. The van der Waals surface area contributed by atoms with Crippen molar-refractivity contribution in [1.29, 1.82) is 0 Å². The highest BCUT2D eigenvalue weighted by Gasteiger charge is 2.07. The van der Waals surface area contributed by atoms with Gasteiger partial charge in [-0.15, -0.1) is 0 Å². The van der Waals surface area contributed by atoms with Crippen LogP contribution in [-0.4, -0.2) is 26.5 Å². The van der Waals surface area contributed by atoms with Crippen LogP contribution in [0.5, 0.6) is 0 Å². The minimum Gasteiger partial charge on any atom is -0.395 e. The Morgan fingerprint density at radius 2 is 2.46 bits per heavy atom. The molecule has 0 aliphatic carbocycles. The molecule has 0 bridgehead atoms. The van der Waals surface area contributed by atoms with E-state index in [2.05, 4.69) is 4.98 Å². The molecule has 1 rings (SSSR count). The fraction of sp³-hybridized carbons (Fsp3) is 0.500. The summed E-state index contributed by atoms with van der Waals surface area (Å²) >= 11 is 1.29. The maximum absolute atomic E-state index is 11.4. The summed E-state index contributed by atoms with van der Waals surface area (Å²) in [4.78, 5) is 15.4. The maximum Gasteiger partial charge on any atom is 0.282 e. The van der Waals surface area contributed by atoms with Gasteiger partial charge in [0, 0.05) is 24.7 Å². The highest BCUT2D eigenvalue weighted by Crippen LogP contribution is 2.15. The Balaban J connectivity index is 2.89. The largest absolute Gasteiger partial charge is 0.395 e. The first-order valence-electron chi connectivity index (χ1n) is 3.94. The summed E-state index contributed by atoms with van der Waals surface area (Å²) in [6, 6.07) is 0. The Morgan fingerprint density at radius 3 is 3.08 bits per heavy atom. The van der Waals surface area contributed by atoms with E-state index >= 15 is 0 Å². The van der Waals surface area contributed by atoms with E-state index in [0.717, 1.165) is 0 Å². The molecule has 1 aromatic rings. The zero-order chi connectivity index (χ0) is 9.84. The Hall–Kier alpha value is -0.810. The van der Waals surface area contributed by atoms with Gasteiger partial charge in [-0.25, -0.2) is 4.98 Å². The smallest absolute Gasteiger partial charge is 0.282 e. The summed E-state index contributed by atoms with van der Waals surface area (Å²) in [6.45, 7) is 1.89. The number of hydrogen-bond donors (Lipinski definition) is 1. The van der Waals surface area contributed by atoms with Crippen LogP contribution >= 0.6 is 11.8 Å². The average molecular weight is 200 g/mol. The molecule has 0 aliphatic heterocycles. The van der Waals surface area contributed by atoms with Crippen molar-refractivity contribution in [1.82, 2.24) is 9.55 Å². The summed E-state index contributed by atoms with van der Waals surface area (Å²) in [5.41, 5.74) is -0.118. The van der Waals surface area contributed by atoms with Gasteiger partial charge in [-0.3, -0.25) is 4.79 Å². The molecule has 4 nitrogen and oxygen atoms in total. The standard InChI is InChI=1S/C8H12N2O2S/c1-6(5-11)13-7-8(12)10(2)4-3-9-7/h3-4,6,11H,5H2,1-2H3. The van der Waals surface area contributed by atoms with Gasteiger partial charge in [-0.05, 0) is 0 Å². The third-order valence-corrected chi connectivity index (χ3v) is 2.61. The second kappa shape index (κ2) is 4.43. The number of rotatable bonds is 3. The molecule has 5 heteroatoms. The van der Waals surface area contributed by atoms with Gasteiger partial charge in [0.05, 0.1) is 6.61 Å². The van der Waals surface area contributed by atoms with Crippen molar-refractivity contribution in [3.8, 4) is 0 Å².